The summed E-state index contributed by atoms with van der Waals surface area (Å²) in [6.07, 6.45) is 2.88. The van der Waals surface area contributed by atoms with Crippen molar-refractivity contribution < 1.29 is 31.9 Å². The third-order valence-electron chi connectivity index (χ3n) is 5.95. The highest BCUT2D eigenvalue weighted by Gasteiger charge is 2.71. The van der Waals surface area contributed by atoms with E-state index < -0.39 is 11.7 Å². The Morgan fingerprint density at radius 1 is 1.21 bits per heavy atom. The maximum Gasteiger partial charge on any atom is 0.420 e. The Labute approximate surface area is 196 Å². The van der Waals surface area contributed by atoms with E-state index in [9.17, 15) is 18.0 Å². The van der Waals surface area contributed by atoms with E-state index in [1.54, 1.807) is 0 Å². The zero-order valence-corrected chi connectivity index (χ0v) is 18.5. The largest absolute Gasteiger partial charge is 0.484 e. The summed E-state index contributed by atoms with van der Waals surface area (Å²) in [5.74, 6) is -3.23. The number of aromatic nitrogens is 3. The van der Waals surface area contributed by atoms with Gasteiger partial charge in [0.2, 0.25) is 5.89 Å². The van der Waals surface area contributed by atoms with E-state index in [2.05, 4.69) is 20.5 Å². The second-order valence-corrected chi connectivity index (χ2v) is 9.15. The number of rotatable bonds is 8. The first-order chi connectivity index (χ1) is 16.1. The average Bonchev–Trinajstić information content (AvgIpc) is 3.18. The van der Waals surface area contributed by atoms with Crippen LogP contribution in [0.1, 0.15) is 37.8 Å². The van der Waals surface area contributed by atoms with Crippen LogP contribution in [0.4, 0.5) is 13.2 Å². The van der Waals surface area contributed by atoms with Gasteiger partial charge in [-0.05, 0) is 43.5 Å². The van der Waals surface area contributed by atoms with E-state index in [1.807, 2.05) is 0 Å². The first kappa shape index (κ1) is 22.5. The Morgan fingerprint density at radius 3 is 2.59 bits per heavy atom. The van der Waals surface area contributed by atoms with Crippen LogP contribution in [0.15, 0.2) is 40.9 Å². The number of benzene rings is 1. The van der Waals surface area contributed by atoms with Crippen LogP contribution in [0.2, 0.25) is 5.02 Å². The van der Waals surface area contributed by atoms with Gasteiger partial charge in [-0.3, -0.25) is 9.78 Å². The molecule has 1 aromatic carbocycles. The molecule has 3 aromatic rings. The topological polar surface area (TPSA) is 99.4 Å². The lowest BCUT2D eigenvalue weighted by atomic mass is 9.39. The molecule has 0 radical (unpaired) electrons. The monoisotopic (exact) mass is 494 g/mol. The number of alkyl halides is 2. The Hall–Kier alpha value is -3.34. The van der Waals surface area contributed by atoms with Crippen LogP contribution >= 0.6 is 11.6 Å². The second-order valence-electron chi connectivity index (χ2n) is 8.75. The van der Waals surface area contributed by atoms with Crippen molar-refractivity contribution in [3.8, 4) is 17.6 Å². The van der Waals surface area contributed by atoms with Gasteiger partial charge in [0.05, 0.1) is 16.6 Å². The van der Waals surface area contributed by atoms with Gasteiger partial charge < -0.3 is 19.2 Å². The normalized spacial score (nSPS) is 23.0. The van der Waals surface area contributed by atoms with Crippen molar-refractivity contribution in [2.75, 3.05) is 6.61 Å². The predicted octanol–water partition coefficient (Wildman–Crippen LogP) is 4.53. The highest BCUT2D eigenvalue weighted by molar-refractivity contribution is 6.30. The van der Waals surface area contributed by atoms with Crippen molar-refractivity contribution in [1.29, 1.82) is 0 Å². The lowest BCUT2D eigenvalue weighted by molar-refractivity contribution is -0.143. The summed E-state index contributed by atoms with van der Waals surface area (Å²) in [6, 6.07) is 6.45. The molecule has 1 N–H and O–H groups in total. The molecule has 2 aromatic heterocycles. The highest BCUT2D eigenvalue weighted by atomic mass is 35.5. The number of carbonyl (C=O) groups is 1. The Balaban J connectivity index is 1.12. The minimum absolute atomic E-state index is 0.0266. The number of amides is 1. The molecule has 3 fully saturated rings. The molecule has 34 heavy (non-hydrogen) atoms. The molecule has 6 rings (SSSR count). The van der Waals surface area contributed by atoms with Gasteiger partial charge in [-0.25, -0.2) is 4.39 Å². The summed E-state index contributed by atoms with van der Waals surface area (Å²) in [4.78, 5) is 15.9. The van der Waals surface area contributed by atoms with E-state index in [4.69, 9.17) is 25.5 Å². The van der Waals surface area contributed by atoms with Crippen LogP contribution in [0.3, 0.4) is 0 Å². The first-order valence-corrected chi connectivity index (χ1v) is 10.7. The molecule has 0 saturated heterocycles. The SMILES string of the molecule is CC(F)(F)c1ccc(Oc2nnc(C34CC(NC(=O)COc5ccc(Cl)c(F)c5)(C3)C4)o2)cn1. The number of hydrogen-bond acceptors (Lipinski definition) is 7. The summed E-state index contributed by atoms with van der Waals surface area (Å²) >= 11 is 5.63. The smallest absolute Gasteiger partial charge is 0.420 e. The maximum atomic E-state index is 13.5. The summed E-state index contributed by atoms with van der Waals surface area (Å²) in [5.41, 5.74) is -1.08. The van der Waals surface area contributed by atoms with Crippen molar-refractivity contribution in [3.63, 3.8) is 0 Å². The highest BCUT2D eigenvalue weighted by Crippen LogP contribution is 2.67. The number of pyridine rings is 1. The number of nitrogens with zero attached hydrogens (tertiary/aromatic N) is 3. The Bertz CT molecular complexity index is 1230. The zero-order chi connectivity index (χ0) is 24.1. The van der Waals surface area contributed by atoms with Crippen LogP contribution in [-0.2, 0) is 16.1 Å². The van der Waals surface area contributed by atoms with Crippen LogP contribution in [0, 0.1) is 5.82 Å². The molecule has 0 spiro atoms. The molecule has 0 atom stereocenters. The van der Waals surface area contributed by atoms with E-state index in [1.165, 1.54) is 18.2 Å². The van der Waals surface area contributed by atoms with Gasteiger partial charge >= 0.3 is 6.08 Å². The van der Waals surface area contributed by atoms with Crippen molar-refractivity contribution in [2.24, 2.45) is 0 Å². The maximum absolute atomic E-state index is 13.5. The lowest BCUT2D eigenvalue weighted by Gasteiger charge is -2.68. The summed E-state index contributed by atoms with van der Waals surface area (Å²) in [7, 11) is 0. The predicted molar refractivity (Wildman–Crippen MR) is 111 cm³/mol. The summed E-state index contributed by atoms with van der Waals surface area (Å²) < 4.78 is 56.3. The van der Waals surface area contributed by atoms with Gasteiger partial charge in [0.1, 0.15) is 17.3 Å². The molecule has 0 unspecified atom stereocenters. The second kappa shape index (κ2) is 7.86. The van der Waals surface area contributed by atoms with Crippen molar-refractivity contribution in [2.45, 2.75) is 43.1 Å². The number of ether oxygens (including phenoxy) is 2. The fraction of sp³-hybridized carbons (Fsp3) is 0.364. The molecule has 1 amide bonds. The van der Waals surface area contributed by atoms with Gasteiger partial charge in [0.15, 0.2) is 12.4 Å². The molecule has 8 nitrogen and oxygen atoms in total. The standard InChI is InChI=1S/C22H18ClF3N4O4/c1-20(25,26)16-5-3-13(7-27-16)33-19-30-29-18(34-19)21-9-22(10-21,11-21)28-17(31)8-32-12-2-4-14(23)15(24)6-12/h2-7H,8-11H2,1H3,(H,28,31). The molecule has 178 valence electrons. The van der Waals surface area contributed by atoms with Crippen LogP contribution in [-0.4, -0.2) is 33.2 Å². The Kier molecular flexibility index (Phi) is 5.19. The third-order valence-corrected chi connectivity index (χ3v) is 6.25. The number of nitrogens with one attached hydrogen (secondary N) is 1. The molecule has 0 aliphatic heterocycles. The quantitative estimate of drug-likeness (QED) is 0.491. The minimum Gasteiger partial charge on any atom is -0.484 e. The first-order valence-electron chi connectivity index (χ1n) is 10.3. The van der Waals surface area contributed by atoms with Gasteiger partial charge in [-0.15, -0.1) is 5.10 Å². The lowest BCUT2D eigenvalue weighted by Crippen LogP contribution is -2.77. The van der Waals surface area contributed by atoms with E-state index >= 15 is 0 Å². The number of hydrogen-bond donors (Lipinski definition) is 1. The van der Waals surface area contributed by atoms with Crippen molar-refractivity contribution in [3.05, 3.63) is 59.0 Å². The van der Waals surface area contributed by atoms with Crippen molar-refractivity contribution in [1.82, 2.24) is 20.5 Å². The molecular weight excluding hydrogens is 477 g/mol. The molecule has 2 bridgehead atoms. The molecule has 3 aliphatic carbocycles. The number of halogens is 4. The zero-order valence-electron chi connectivity index (χ0n) is 17.8. The van der Waals surface area contributed by atoms with Crippen molar-refractivity contribution >= 4 is 17.5 Å². The molecule has 3 saturated carbocycles. The van der Waals surface area contributed by atoms with E-state index in [0.29, 0.717) is 25.2 Å². The van der Waals surface area contributed by atoms with Gasteiger partial charge in [0, 0.05) is 18.5 Å². The molecule has 3 aliphatic rings. The number of carbonyl (C=O) groups excluding carboxylic acids is 1. The summed E-state index contributed by atoms with van der Waals surface area (Å²) in [5, 5.41) is 10.8. The van der Waals surface area contributed by atoms with Crippen LogP contribution in [0.25, 0.3) is 0 Å². The fourth-order valence-electron chi connectivity index (χ4n) is 4.46. The summed E-state index contributed by atoms with van der Waals surface area (Å²) in [6.45, 7) is 0.498. The molecular formula is C22H18ClF3N4O4. The van der Waals surface area contributed by atoms with Crippen LogP contribution < -0.4 is 14.8 Å². The van der Waals surface area contributed by atoms with E-state index in [-0.39, 0.29) is 51.8 Å². The molecule has 12 heteroatoms. The minimum atomic E-state index is -3.05. The van der Waals surface area contributed by atoms with Gasteiger partial charge in [0.25, 0.3) is 11.8 Å². The average molecular weight is 495 g/mol. The molecule has 2 heterocycles. The van der Waals surface area contributed by atoms with Crippen LogP contribution in [0.5, 0.6) is 17.6 Å². The Morgan fingerprint density at radius 2 is 1.94 bits per heavy atom. The fourth-order valence-corrected chi connectivity index (χ4v) is 4.58. The third kappa shape index (κ3) is 4.15. The van der Waals surface area contributed by atoms with Gasteiger partial charge in [-0.1, -0.05) is 16.7 Å². The van der Waals surface area contributed by atoms with E-state index in [0.717, 1.165) is 25.3 Å². The van der Waals surface area contributed by atoms with Gasteiger partial charge in [-0.2, -0.15) is 8.78 Å².